The van der Waals surface area contributed by atoms with Gasteiger partial charge in [-0.05, 0) is 31.9 Å². The van der Waals surface area contributed by atoms with Gasteiger partial charge in [0.25, 0.3) is 0 Å². The summed E-state index contributed by atoms with van der Waals surface area (Å²) in [5, 5.41) is 2.89. The molecule has 0 fully saturated rings. The van der Waals surface area contributed by atoms with Gasteiger partial charge in [0.2, 0.25) is 5.91 Å². The zero-order chi connectivity index (χ0) is 13.5. The van der Waals surface area contributed by atoms with Crippen LogP contribution in [0.4, 0.5) is 0 Å². The predicted molar refractivity (Wildman–Crippen MR) is 74.2 cm³/mol. The Hall–Kier alpha value is -1.29. The molecule has 0 spiro atoms. The first-order valence-corrected chi connectivity index (χ1v) is 6.73. The van der Waals surface area contributed by atoms with Crippen LogP contribution < -0.4 is 11.1 Å². The van der Waals surface area contributed by atoms with Crippen LogP contribution in [0.2, 0.25) is 0 Å². The fourth-order valence-electron chi connectivity index (χ4n) is 1.92. The highest BCUT2D eigenvalue weighted by molar-refractivity contribution is 5.76. The summed E-state index contributed by atoms with van der Waals surface area (Å²) in [5.74, 6) is 0.0955. The van der Waals surface area contributed by atoms with Gasteiger partial charge in [-0.1, -0.05) is 13.3 Å². The van der Waals surface area contributed by atoms with Crippen LogP contribution >= 0.6 is 0 Å². The second-order valence-electron chi connectivity index (χ2n) is 5.05. The predicted octanol–water partition coefficient (Wildman–Crippen LogP) is 2.20. The molecule has 0 aliphatic carbocycles. The smallest absolute Gasteiger partial charge is 0.221 e. The van der Waals surface area contributed by atoms with Crippen molar-refractivity contribution in [3.05, 3.63) is 24.0 Å². The van der Waals surface area contributed by atoms with Gasteiger partial charge in [0.1, 0.15) is 0 Å². The average Bonchev–Trinajstić information content (AvgIpc) is 2.74. The van der Waals surface area contributed by atoms with E-state index in [4.69, 9.17) is 5.73 Å². The van der Waals surface area contributed by atoms with E-state index >= 15 is 0 Å². The quantitative estimate of drug-likeness (QED) is 0.780. The number of carbonyl (C=O) groups excluding carboxylic acids is 1. The lowest BCUT2D eigenvalue weighted by molar-refractivity contribution is -0.121. The lowest BCUT2D eigenvalue weighted by Crippen LogP contribution is -2.30. The van der Waals surface area contributed by atoms with E-state index in [1.54, 1.807) is 0 Å². The Morgan fingerprint density at radius 1 is 1.50 bits per heavy atom. The largest absolute Gasteiger partial charge is 0.354 e. The Balaban J connectivity index is 2.42. The zero-order valence-electron chi connectivity index (χ0n) is 11.6. The molecule has 4 nitrogen and oxygen atoms in total. The number of aromatic nitrogens is 1. The third-order valence-electron chi connectivity index (χ3n) is 2.85. The summed E-state index contributed by atoms with van der Waals surface area (Å²) in [6.07, 6.45) is 6.63. The van der Waals surface area contributed by atoms with Crippen molar-refractivity contribution in [1.29, 1.82) is 0 Å². The Bertz CT molecular complexity index is 371. The molecule has 1 aromatic rings. The summed E-state index contributed by atoms with van der Waals surface area (Å²) in [4.78, 5) is 11.5. The topological polar surface area (TPSA) is 60.0 Å². The van der Waals surface area contributed by atoms with Gasteiger partial charge in [-0.3, -0.25) is 4.79 Å². The maximum atomic E-state index is 11.5. The molecule has 0 aliphatic rings. The molecule has 0 radical (unpaired) electrons. The van der Waals surface area contributed by atoms with Crippen LogP contribution in [-0.2, 0) is 11.3 Å². The van der Waals surface area contributed by atoms with Crippen molar-refractivity contribution >= 4 is 5.91 Å². The number of hydrogen-bond acceptors (Lipinski definition) is 2. The number of nitrogens with two attached hydrogens (primary N) is 1. The van der Waals surface area contributed by atoms with E-state index in [0.717, 1.165) is 18.4 Å². The fourth-order valence-corrected chi connectivity index (χ4v) is 1.92. The van der Waals surface area contributed by atoms with E-state index in [-0.39, 0.29) is 18.0 Å². The molecular weight excluding hydrogens is 226 g/mol. The van der Waals surface area contributed by atoms with E-state index in [1.165, 1.54) is 0 Å². The van der Waals surface area contributed by atoms with Crippen LogP contribution in [0.3, 0.4) is 0 Å². The van der Waals surface area contributed by atoms with Gasteiger partial charge in [0.15, 0.2) is 0 Å². The first kappa shape index (κ1) is 14.8. The van der Waals surface area contributed by atoms with Gasteiger partial charge in [-0.15, -0.1) is 0 Å². The fraction of sp³-hybridized carbons (Fsp3) is 0.643. The molecular formula is C14H25N3O. The maximum Gasteiger partial charge on any atom is 0.221 e. The molecule has 1 amide bonds. The van der Waals surface area contributed by atoms with Crippen LogP contribution in [0.5, 0.6) is 0 Å². The lowest BCUT2D eigenvalue weighted by Gasteiger charge is -2.09. The van der Waals surface area contributed by atoms with Gasteiger partial charge in [0.05, 0.1) is 0 Å². The summed E-state index contributed by atoms with van der Waals surface area (Å²) in [6.45, 7) is 6.77. The van der Waals surface area contributed by atoms with Crippen molar-refractivity contribution in [2.45, 2.75) is 58.7 Å². The lowest BCUT2D eigenvalue weighted by atomic mass is 10.1. The summed E-state index contributed by atoms with van der Waals surface area (Å²) in [7, 11) is 0. The van der Waals surface area contributed by atoms with Crippen molar-refractivity contribution in [3.8, 4) is 0 Å². The third kappa shape index (κ3) is 4.92. The summed E-state index contributed by atoms with van der Waals surface area (Å²) < 4.78 is 2.03. The first-order valence-electron chi connectivity index (χ1n) is 6.73. The molecule has 102 valence electrons. The second kappa shape index (κ2) is 7.21. The van der Waals surface area contributed by atoms with Gasteiger partial charge in [0, 0.05) is 37.4 Å². The molecule has 1 heterocycles. The molecule has 0 aliphatic heterocycles. The standard InChI is InChI=1S/C14H25N3O/c1-4-5-13(15)12-6-8-17(10-12)9-7-14(18)16-11(2)3/h6,8,10-11,13H,4-5,7,9,15H2,1-3H3,(H,16,18). The minimum absolute atomic E-state index is 0.0955. The van der Waals surface area contributed by atoms with E-state index < -0.39 is 0 Å². The Morgan fingerprint density at radius 2 is 2.22 bits per heavy atom. The van der Waals surface area contributed by atoms with Crippen LogP contribution in [0.15, 0.2) is 18.5 Å². The Morgan fingerprint density at radius 3 is 2.83 bits per heavy atom. The molecule has 1 unspecified atom stereocenters. The van der Waals surface area contributed by atoms with Crippen molar-refractivity contribution < 1.29 is 4.79 Å². The van der Waals surface area contributed by atoms with Crippen LogP contribution in [0, 0.1) is 0 Å². The number of hydrogen-bond donors (Lipinski definition) is 2. The highest BCUT2D eigenvalue weighted by atomic mass is 16.1. The molecule has 0 aromatic carbocycles. The molecule has 1 aromatic heterocycles. The molecule has 3 N–H and O–H groups in total. The SMILES string of the molecule is CCCC(N)c1ccn(CCC(=O)NC(C)C)c1. The van der Waals surface area contributed by atoms with E-state index in [0.29, 0.717) is 13.0 Å². The van der Waals surface area contributed by atoms with Gasteiger partial charge < -0.3 is 15.6 Å². The van der Waals surface area contributed by atoms with Crippen LogP contribution in [-0.4, -0.2) is 16.5 Å². The minimum Gasteiger partial charge on any atom is -0.354 e. The van der Waals surface area contributed by atoms with E-state index in [2.05, 4.69) is 12.2 Å². The summed E-state index contributed by atoms with van der Waals surface area (Å²) in [5.41, 5.74) is 7.20. The van der Waals surface area contributed by atoms with E-state index in [9.17, 15) is 4.79 Å². The van der Waals surface area contributed by atoms with Crippen LogP contribution in [0.25, 0.3) is 0 Å². The number of rotatable bonds is 7. The maximum absolute atomic E-state index is 11.5. The first-order chi connectivity index (χ1) is 8.52. The number of nitrogens with zero attached hydrogens (tertiary/aromatic N) is 1. The zero-order valence-corrected chi connectivity index (χ0v) is 11.6. The molecule has 18 heavy (non-hydrogen) atoms. The van der Waals surface area contributed by atoms with E-state index in [1.807, 2.05) is 36.9 Å². The normalized spacial score (nSPS) is 12.7. The van der Waals surface area contributed by atoms with Crippen molar-refractivity contribution in [3.63, 3.8) is 0 Å². The summed E-state index contributed by atoms with van der Waals surface area (Å²) >= 11 is 0. The number of amides is 1. The van der Waals surface area contributed by atoms with Crippen molar-refractivity contribution in [2.24, 2.45) is 5.73 Å². The van der Waals surface area contributed by atoms with Gasteiger partial charge in [-0.25, -0.2) is 0 Å². The molecule has 0 saturated heterocycles. The molecule has 1 atom stereocenters. The Kier molecular flexibility index (Phi) is 5.92. The number of carbonyl (C=O) groups is 1. The highest BCUT2D eigenvalue weighted by Crippen LogP contribution is 2.15. The molecule has 1 rings (SSSR count). The molecule has 0 bridgehead atoms. The monoisotopic (exact) mass is 251 g/mol. The summed E-state index contributed by atoms with van der Waals surface area (Å²) in [6, 6.07) is 2.36. The molecule has 0 saturated carbocycles. The minimum atomic E-state index is 0.0955. The number of aryl methyl sites for hydroxylation is 1. The highest BCUT2D eigenvalue weighted by Gasteiger charge is 2.07. The average molecular weight is 251 g/mol. The van der Waals surface area contributed by atoms with Crippen molar-refractivity contribution in [1.82, 2.24) is 9.88 Å². The van der Waals surface area contributed by atoms with Gasteiger partial charge >= 0.3 is 0 Å². The van der Waals surface area contributed by atoms with Crippen LogP contribution in [0.1, 0.15) is 51.6 Å². The second-order valence-corrected chi connectivity index (χ2v) is 5.05. The van der Waals surface area contributed by atoms with Crippen molar-refractivity contribution in [2.75, 3.05) is 0 Å². The molecule has 4 heteroatoms. The Labute approximate surface area is 110 Å². The number of nitrogens with one attached hydrogen (secondary N) is 1. The van der Waals surface area contributed by atoms with Gasteiger partial charge in [-0.2, -0.15) is 0 Å². The third-order valence-corrected chi connectivity index (χ3v) is 2.85.